The van der Waals surface area contributed by atoms with Crippen molar-refractivity contribution in [2.75, 3.05) is 7.11 Å². The molecule has 0 aliphatic carbocycles. The van der Waals surface area contributed by atoms with E-state index in [1.165, 1.54) is 38.9 Å². The summed E-state index contributed by atoms with van der Waals surface area (Å²) in [6.07, 6.45) is 0.475. The largest absolute Gasteiger partial charge is 0.497 e. The Kier molecular flexibility index (Phi) is 7.61. The van der Waals surface area contributed by atoms with E-state index in [2.05, 4.69) is 58.9 Å². The van der Waals surface area contributed by atoms with E-state index >= 15 is 0 Å². The molecule has 0 saturated carbocycles. The van der Waals surface area contributed by atoms with Crippen LogP contribution in [0.15, 0.2) is 54.6 Å². The zero-order valence-electron chi connectivity index (χ0n) is 19.4. The van der Waals surface area contributed by atoms with Gasteiger partial charge in [-0.05, 0) is 97.8 Å². The number of hydrogen-bond donors (Lipinski definition) is 0. The summed E-state index contributed by atoms with van der Waals surface area (Å²) in [4.78, 5) is 13.1. The molecular weight excluding hydrogens is 400 g/mol. The fourth-order valence-corrected chi connectivity index (χ4v) is 5.40. The Morgan fingerprint density at radius 1 is 0.806 bits per heavy atom. The lowest BCUT2D eigenvalue weighted by Crippen LogP contribution is -2.07. The van der Waals surface area contributed by atoms with Crippen LogP contribution < -0.4 is 4.74 Å². The first-order valence-electron chi connectivity index (χ1n) is 10.7. The Hall–Kier alpha value is -2.52. The van der Waals surface area contributed by atoms with Gasteiger partial charge in [-0.15, -0.1) is 11.8 Å². The molecule has 1 atom stereocenters. The highest BCUT2D eigenvalue weighted by Gasteiger charge is 2.20. The molecule has 0 aliphatic heterocycles. The molecule has 0 saturated heterocycles. The van der Waals surface area contributed by atoms with Crippen LogP contribution in [0.1, 0.15) is 61.0 Å². The van der Waals surface area contributed by atoms with Crippen molar-refractivity contribution in [3.8, 4) is 5.75 Å². The molecule has 0 heterocycles. The number of Topliss-reactive ketones (excluding diaryl/α,β-unsaturated/α-hetero) is 1. The minimum atomic E-state index is 0.108. The lowest BCUT2D eigenvalue weighted by Gasteiger charge is -2.21. The van der Waals surface area contributed by atoms with Gasteiger partial charge in [-0.1, -0.05) is 30.3 Å². The molecule has 3 rings (SSSR count). The average Bonchev–Trinajstić information content (AvgIpc) is 2.81. The molecule has 0 N–H and O–H groups in total. The summed E-state index contributed by atoms with van der Waals surface area (Å²) in [6, 6.07) is 17.8. The van der Waals surface area contributed by atoms with Gasteiger partial charge in [0.2, 0.25) is 0 Å². The number of ether oxygens (including phenoxy) is 1. The number of rotatable bonds is 8. The third-order valence-electron chi connectivity index (χ3n) is 6.54. The highest BCUT2D eigenvalue weighted by atomic mass is 32.2. The zero-order valence-corrected chi connectivity index (χ0v) is 20.2. The number of methoxy groups -OCH3 is 1. The normalized spacial score (nSPS) is 11.9. The molecule has 0 aliphatic rings. The summed E-state index contributed by atoms with van der Waals surface area (Å²) in [7, 11) is 1.64. The van der Waals surface area contributed by atoms with Crippen molar-refractivity contribution in [3.05, 3.63) is 99.1 Å². The van der Waals surface area contributed by atoms with Crippen molar-refractivity contribution in [3.63, 3.8) is 0 Å². The third-order valence-corrected chi connectivity index (χ3v) is 7.83. The highest BCUT2D eigenvalue weighted by Crippen LogP contribution is 2.38. The summed E-state index contributed by atoms with van der Waals surface area (Å²) in [5, 5.41) is 0.108. The van der Waals surface area contributed by atoms with Gasteiger partial charge in [-0.3, -0.25) is 4.79 Å². The topological polar surface area (TPSA) is 26.3 Å². The lowest BCUT2D eigenvalue weighted by atomic mass is 9.90. The fourth-order valence-electron chi connectivity index (χ4n) is 3.98. The first-order valence-corrected chi connectivity index (χ1v) is 11.8. The molecule has 0 amide bonds. The maximum atomic E-state index is 13.1. The number of hydrogen-bond acceptors (Lipinski definition) is 3. The van der Waals surface area contributed by atoms with Gasteiger partial charge in [-0.25, -0.2) is 0 Å². The number of thioether (sulfide) groups is 1. The van der Waals surface area contributed by atoms with Crippen LogP contribution >= 0.6 is 11.8 Å². The van der Waals surface area contributed by atoms with Gasteiger partial charge in [0.15, 0.2) is 5.78 Å². The summed E-state index contributed by atoms with van der Waals surface area (Å²) in [5.74, 6) is 1.82. The van der Waals surface area contributed by atoms with Crippen molar-refractivity contribution in [1.29, 1.82) is 0 Å². The Morgan fingerprint density at radius 3 is 1.90 bits per heavy atom. The predicted octanol–water partition coefficient (Wildman–Crippen LogP) is 7.48. The number of benzene rings is 3. The third kappa shape index (κ3) is 5.22. The molecule has 162 valence electrons. The smallest absolute Gasteiger partial charge is 0.164 e. The molecule has 0 bridgehead atoms. The van der Waals surface area contributed by atoms with Crippen molar-refractivity contribution in [2.45, 2.75) is 52.0 Å². The Balaban J connectivity index is 1.85. The second-order valence-electron chi connectivity index (χ2n) is 8.17. The van der Waals surface area contributed by atoms with Crippen LogP contribution in [0, 0.1) is 34.6 Å². The van der Waals surface area contributed by atoms with Crippen LogP contribution in [0.4, 0.5) is 0 Å². The first-order chi connectivity index (χ1) is 14.8. The predicted molar refractivity (Wildman–Crippen MR) is 133 cm³/mol. The van der Waals surface area contributed by atoms with E-state index in [1.807, 2.05) is 42.1 Å². The van der Waals surface area contributed by atoms with Crippen molar-refractivity contribution >= 4 is 17.5 Å². The molecule has 2 nitrogen and oxygen atoms in total. The standard InChI is InChI=1S/C28H32O2S/c1-18-19(2)21(4)26(22(5)20(18)3)17-31-28(24-10-8-7-9-11-24)16-27(29)23-12-14-25(30-6)15-13-23/h7-15,28H,16-17H2,1-6H3. The summed E-state index contributed by atoms with van der Waals surface area (Å²) >= 11 is 1.86. The van der Waals surface area contributed by atoms with E-state index in [-0.39, 0.29) is 11.0 Å². The lowest BCUT2D eigenvalue weighted by molar-refractivity contribution is 0.0982. The SMILES string of the molecule is COc1ccc(C(=O)CC(SCc2c(C)c(C)c(C)c(C)c2C)c2ccccc2)cc1. The van der Waals surface area contributed by atoms with E-state index in [1.54, 1.807) is 7.11 Å². The molecule has 31 heavy (non-hydrogen) atoms. The van der Waals surface area contributed by atoms with Gasteiger partial charge in [0.25, 0.3) is 0 Å². The summed E-state index contributed by atoms with van der Waals surface area (Å²) in [6.45, 7) is 11.1. The Bertz CT molecular complexity index is 1020. The number of carbonyl (C=O) groups excluding carboxylic acids is 1. The van der Waals surface area contributed by atoms with E-state index in [9.17, 15) is 4.79 Å². The van der Waals surface area contributed by atoms with Crippen molar-refractivity contribution in [2.24, 2.45) is 0 Å². The van der Waals surface area contributed by atoms with Gasteiger partial charge in [0.05, 0.1) is 7.11 Å². The van der Waals surface area contributed by atoms with E-state index in [0.29, 0.717) is 6.42 Å². The van der Waals surface area contributed by atoms with Crippen LogP contribution in [0.2, 0.25) is 0 Å². The minimum absolute atomic E-state index is 0.108. The second-order valence-corrected chi connectivity index (χ2v) is 9.36. The molecule has 0 fully saturated rings. The molecule has 3 aromatic rings. The molecule has 0 spiro atoms. The molecule has 3 aromatic carbocycles. The Labute approximate surface area is 191 Å². The average molecular weight is 433 g/mol. The quantitative estimate of drug-likeness (QED) is 0.345. The van der Waals surface area contributed by atoms with Gasteiger partial charge >= 0.3 is 0 Å². The zero-order chi connectivity index (χ0) is 22.5. The molecule has 0 aromatic heterocycles. The van der Waals surface area contributed by atoms with Crippen LogP contribution in [-0.2, 0) is 5.75 Å². The van der Waals surface area contributed by atoms with Gasteiger partial charge < -0.3 is 4.74 Å². The van der Waals surface area contributed by atoms with Crippen LogP contribution in [0.5, 0.6) is 5.75 Å². The van der Waals surface area contributed by atoms with Gasteiger partial charge in [-0.2, -0.15) is 0 Å². The second kappa shape index (κ2) is 10.2. The molecule has 3 heteroatoms. The number of ketones is 1. The van der Waals surface area contributed by atoms with E-state index < -0.39 is 0 Å². The monoisotopic (exact) mass is 432 g/mol. The van der Waals surface area contributed by atoms with Gasteiger partial charge in [0, 0.05) is 23.0 Å². The maximum Gasteiger partial charge on any atom is 0.164 e. The van der Waals surface area contributed by atoms with Crippen LogP contribution in [0.25, 0.3) is 0 Å². The Morgan fingerprint density at radius 2 is 1.35 bits per heavy atom. The molecular formula is C28H32O2S. The van der Waals surface area contributed by atoms with Gasteiger partial charge in [0.1, 0.15) is 5.75 Å². The van der Waals surface area contributed by atoms with E-state index in [0.717, 1.165) is 17.1 Å². The van der Waals surface area contributed by atoms with Crippen molar-refractivity contribution < 1.29 is 9.53 Å². The molecule has 0 radical (unpaired) electrons. The number of carbonyl (C=O) groups is 1. The fraction of sp³-hybridized carbons (Fsp3) is 0.321. The van der Waals surface area contributed by atoms with E-state index in [4.69, 9.17) is 4.74 Å². The maximum absolute atomic E-state index is 13.1. The van der Waals surface area contributed by atoms with Crippen LogP contribution in [0.3, 0.4) is 0 Å². The minimum Gasteiger partial charge on any atom is -0.497 e. The summed E-state index contributed by atoms with van der Waals surface area (Å²) < 4.78 is 5.22. The molecule has 1 unspecified atom stereocenters. The summed E-state index contributed by atoms with van der Waals surface area (Å²) in [5.41, 5.74) is 10.2. The van der Waals surface area contributed by atoms with Crippen molar-refractivity contribution in [1.82, 2.24) is 0 Å². The highest BCUT2D eigenvalue weighted by molar-refractivity contribution is 7.98. The first kappa shape index (κ1) is 23.1. The van der Waals surface area contributed by atoms with Crippen LogP contribution in [-0.4, -0.2) is 12.9 Å².